The number of amides is 1. The van der Waals surface area contributed by atoms with Crippen LogP contribution in [-0.2, 0) is 6.61 Å². The number of rotatable bonds is 5. The maximum absolute atomic E-state index is 12.9. The number of pyridine rings is 1. The first kappa shape index (κ1) is 17.6. The van der Waals surface area contributed by atoms with E-state index < -0.39 is 11.3 Å². The van der Waals surface area contributed by atoms with Gasteiger partial charge < -0.3 is 24.5 Å². The largest absolute Gasteiger partial charge is 0.483 e. The number of hydrogen-bond donors (Lipinski definition) is 2. The van der Waals surface area contributed by atoms with Gasteiger partial charge in [-0.3, -0.25) is 9.59 Å². The van der Waals surface area contributed by atoms with Crippen molar-refractivity contribution in [2.45, 2.75) is 6.61 Å². The molecule has 2 N–H and O–H groups in total. The van der Waals surface area contributed by atoms with Crippen LogP contribution in [0.1, 0.15) is 16.1 Å². The van der Waals surface area contributed by atoms with E-state index in [0.717, 1.165) is 6.07 Å². The summed E-state index contributed by atoms with van der Waals surface area (Å²) in [6.07, 6.45) is 1.32. The number of H-pyrrole nitrogens is 1. The molecule has 0 radical (unpaired) electrons. The zero-order valence-electron chi connectivity index (χ0n) is 14.5. The third kappa shape index (κ3) is 3.80. The minimum absolute atomic E-state index is 0.0592. The fourth-order valence-corrected chi connectivity index (χ4v) is 2.62. The molecular formula is C20H15FN2O5. The van der Waals surface area contributed by atoms with Gasteiger partial charge in [-0.15, -0.1) is 0 Å². The van der Waals surface area contributed by atoms with Gasteiger partial charge in [0.25, 0.3) is 5.91 Å². The summed E-state index contributed by atoms with van der Waals surface area (Å²) in [5.41, 5.74) is 0.852. The van der Waals surface area contributed by atoms with Gasteiger partial charge in [-0.25, -0.2) is 4.39 Å². The maximum Gasteiger partial charge on any atom is 0.272 e. The van der Waals surface area contributed by atoms with Gasteiger partial charge in [-0.05, 0) is 29.8 Å². The quantitative estimate of drug-likeness (QED) is 0.708. The second kappa shape index (κ2) is 7.43. The number of aromatic nitrogens is 1. The lowest BCUT2D eigenvalue weighted by atomic mass is 10.2. The van der Waals surface area contributed by atoms with Crippen molar-refractivity contribution >= 4 is 11.6 Å². The third-order valence-electron chi connectivity index (χ3n) is 4.06. The van der Waals surface area contributed by atoms with Crippen LogP contribution in [0.2, 0.25) is 0 Å². The van der Waals surface area contributed by atoms with Crippen LogP contribution in [0.15, 0.2) is 59.5 Å². The number of ether oxygens (including phenoxy) is 3. The molecule has 0 saturated carbocycles. The van der Waals surface area contributed by atoms with E-state index in [0.29, 0.717) is 22.7 Å². The van der Waals surface area contributed by atoms with Gasteiger partial charge in [0.2, 0.25) is 12.2 Å². The summed E-state index contributed by atoms with van der Waals surface area (Å²) in [7, 11) is 0. The van der Waals surface area contributed by atoms with Crippen molar-refractivity contribution in [1.82, 2.24) is 4.98 Å². The van der Waals surface area contributed by atoms with Crippen LogP contribution in [0.25, 0.3) is 0 Å². The molecule has 1 amide bonds. The Kier molecular flexibility index (Phi) is 4.67. The maximum atomic E-state index is 12.9. The van der Waals surface area contributed by atoms with Crippen LogP contribution in [0.5, 0.6) is 17.2 Å². The molecule has 0 fully saturated rings. The Morgan fingerprint density at radius 1 is 1.11 bits per heavy atom. The normalized spacial score (nSPS) is 11.9. The number of nitrogens with one attached hydrogen (secondary N) is 2. The SMILES string of the molecule is O=C(Nc1ccc2c(c1)OCO2)c1cc(=O)c(OCc2ccc(F)cc2)c[nH]1. The third-order valence-corrected chi connectivity index (χ3v) is 4.06. The first-order valence-electron chi connectivity index (χ1n) is 8.39. The van der Waals surface area contributed by atoms with E-state index in [1.807, 2.05) is 0 Å². The van der Waals surface area contributed by atoms with E-state index in [4.69, 9.17) is 14.2 Å². The second-order valence-electron chi connectivity index (χ2n) is 6.01. The molecule has 4 rings (SSSR count). The molecule has 3 aromatic rings. The van der Waals surface area contributed by atoms with E-state index in [1.54, 1.807) is 30.3 Å². The van der Waals surface area contributed by atoms with Gasteiger partial charge in [-0.1, -0.05) is 12.1 Å². The van der Waals surface area contributed by atoms with Crippen LogP contribution in [0, 0.1) is 5.82 Å². The lowest BCUT2D eigenvalue weighted by molar-refractivity contribution is 0.102. The van der Waals surface area contributed by atoms with E-state index in [9.17, 15) is 14.0 Å². The zero-order chi connectivity index (χ0) is 19.5. The summed E-state index contributed by atoms with van der Waals surface area (Å²) < 4.78 is 28.8. The van der Waals surface area contributed by atoms with Crippen LogP contribution in [0.3, 0.4) is 0 Å². The number of carbonyl (C=O) groups is 1. The summed E-state index contributed by atoms with van der Waals surface area (Å²) in [4.78, 5) is 27.3. The molecular weight excluding hydrogens is 367 g/mol. The first-order chi connectivity index (χ1) is 13.6. The Labute approximate surface area is 158 Å². The van der Waals surface area contributed by atoms with Crippen LogP contribution in [0.4, 0.5) is 10.1 Å². The molecule has 0 saturated heterocycles. The Bertz CT molecular complexity index is 1080. The van der Waals surface area contributed by atoms with Gasteiger partial charge >= 0.3 is 0 Å². The molecule has 0 atom stereocenters. The predicted octanol–water partition coefficient (Wildman–Crippen LogP) is 3.07. The lowest BCUT2D eigenvalue weighted by Gasteiger charge is -2.08. The monoisotopic (exact) mass is 382 g/mol. The molecule has 142 valence electrons. The number of benzene rings is 2. The van der Waals surface area contributed by atoms with Crippen molar-refractivity contribution in [2.24, 2.45) is 0 Å². The summed E-state index contributed by atoms with van der Waals surface area (Å²) in [6, 6.07) is 11.9. The summed E-state index contributed by atoms with van der Waals surface area (Å²) in [6.45, 7) is 0.242. The van der Waals surface area contributed by atoms with Crippen molar-refractivity contribution in [2.75, 3.05) is 12.1 Å². The Balaban J connectivity index is 1.42. The summed E-state index contributed by atoms with van der Waals surface area (Å²) >= 11 is 0. The number of anilines is 1. The molecule has 2 aromatic carbocycles. The fourth-order valence-electron chi connectivity index (χ4n) is 2.62. The highest BCUT2D eigenvalue weighted by Gasteiger charge is 2.15. The molecule has 7 nitrogen and oxygen atoms in total. The number of halogens is 1. The highest BCUT2D eigenvalue weighted by molar-refractivity contribution is 6.03. The van der Waals surface area contributed by atoms with Crippen LogP contribution in [-0.4, -0.2) is 17.7 Å². The molecule has 0 aliphatic carbocycles. The molecule has 0 unspecified atom stereocenters. The van der Waals surface area contributed by atoms with Crippen molar-refractivity contribution in [3.05, 3.63) is 82.0 Å². The summed E-state index contributed by atoms with van der Waals surface area (Å²) in [5.74, 6) is 0.370. The Morgan fingerprint density at radius 2 is 1.89 bits per heavy atom. The number of carbonyl (C=O) groups excluding carboxylic acids is 1. The molecule has 1 aliphatic rings. The highest BCUT2D eigenvalue weighted by Crippen LogP contribution is 2.34. The smallest absolute Gasteiger partial charge is 0.272 e. The Hall–Kier alpha value is -3.81. The van der Waals surface area contributed by atoms with Gasteiger partial charge in [0.1, 0.15) is 18.1 Å². The van der Waals surface area contributed by atoms with E-state index in [-0.39, 0.29) is 30.7 Å². The minimum Gasteiger partial charge on any atom is -0.483 e. The molecule has 8 heteroatoms. The number of hydrogen-bond acceptors (Lipinski definition) is 5. The van der Waals surface area contributed by atoms with Crippen molar-refractivity contribution in [3.63, 3.8) is 0 Å². The minimum atomic E-state index is -0.485. The van der Waals surface area contributed by atoms with Crippen molar-refractivity contribution < 1.29 is 23.4 Å². The van der Waals surface area contributed by atoms with E-state index >= 15 is 0 Å². The van der Waals surface area contributed by atoms with Crippen LogP contribution >= 0.6 is 0 Å². The van der Waals surface area contributed by atoms with E-state index in [2.05, 4.69) is 10.3 Å². The van der Waals surface area contributed by atoms with Crippen molar-refractivity contribution in [3.8, 4) is 17.2 Å². The van der Waals surface area contributed by atoms with Gasteiger partial charge in [0, 0.05) is 24.0 Å². The first-order valence-corrected chi connectivity index (χ1v) is 8.39. The summed E-state index contributed by atoms with van der Waals surface area (Å²) in [5, 5.41) is 2.68. The fraction of sp³-hybridized carbons (Fsp3) is 0.100. The molecule has 1 aliphatic heterocycles. The Morgan fingerprint density at radius 3 is 2.68 bits per heavy atom. The lowest BCUT2D eigenvalue weighted by Crippen LogP contribution is -2.17. The number of fused-ring (bicyclic) bond motifs is 1. The molecule has 0 spiro atoms. The van der Waals surface area contributed by atoms with Gasteiger partial charge in [0.15, 0.2) is 17.2 Å². The molecule has 2 heterocycles. The van der Waals surface area contributed by atoms with Gasteiger partial charge in [0.05, 0.1) is 0 Å². The predicted molar refractivity (Wildman–Crippen MR) is 98.3 cm³/mol. The average molecular weight is 382 g/mol. The topological polar surface area (TPSA) is 89.7 Å². The van der Waals surface area contributed by atoms with E-state index in [1.165, 1.54) is 18.3 Å². The van der Waals surface area contributed by atoms with Crippen molar-refractivity contribution in [1.29, 1.82) is 0 Å². The average Bonchev–Trinajstić information content (AvgIpc) is 3.16. The standard InChI is InChI=1S/C20H15FN2O5/c21-13-3-1-12(2-4-13)10-26-19-9-22-15(8-16(19)24)20(25)23-14-5-6-17-18(7-14)28-11-27-17/h1-9H,10-11H2,(H,22,24)(H,23,25). The highest BCUT2D eigenvalue weighted by atomic mass is 19.1. The van der Waals surface area contributed by atoms with Crippen LogP contribution < -0.4 is 25.0 Å². The molecule has 0 bridgehead atoms. The molecule has 28 heavy (non-hydrogen) atoms. The van der Waals surface area contributed by atoms with Gasteiger partial charge in [-0.2, -0.15) is 0 Å². The molecule has 1 aromatic heterocycles. The second-order valence-corrected chi connectivity index (χ2v) is 6.01. The zero-order valence-corrected chi connectivity index (χ0v) is 14.5. The number of aromatic amines is 1.